The molecule has 1 fully saturated rings. The van der Waals surface area contributed by atoms with Crippen LogP contribution in [0.3, 0.4) is 0 Å². The zero-order valence-electron chi connectivity index (χ0n) is 13.9. The highest BCUT2D eigenvalue weighted by Crippen LogP contribution is 2.20. The molecule has 1 rings (SSSR count). The van der Waals surface area contributed by atoms with Gasteiger partial charge in [0.2, 0.25) is 5.91 Å². The number of amides is 1. The van der Waals surface area contributed by atoms with Crippen LogP contribution in [-0.4, -0.2) is 42.5 Å². The van der Waals surface area contributed by atoms with E-state index in [0.29, 0.717) is 18.4 Å². The number of nitrogens with zero attached hydrogens (tertiary/aromatic N) is 1. The number of carbonyl (C=O) groups excluding carboxylic acids is 1. The first-order valence-corrected chi connectivity index (χ1v) is 7.98. The van der Waals surface area contributed by atoms with Gasteiger partial charge in [-0.3, -0.25) is 9.69 Å². The monoisotopic (exact) mass is 283 g/mol. The lowest BCUT2D eigenvalue weighted by Crippen LogP contribution is -2.47. The average Bonchev–Trinajstić information content (AvgIpc) is 2.81. The zero-order valence-corrected chi connectivity index (χ0v) is 13.9. The molecule has 1 aliphatic rings. The third kappa shape index (κ3) is 5.41. The first-order chi connectivity index (χ1) is 9.21. The molecule has 4 nitrogen and oxygen atoms in total. The molecule has 0 aromatic heterocycles. The molecule has 0 saturated carbocycles. The van der Waals surface area contributed by atoms with Crippen LogP contribution in [0.4, 0.5) is 0 Å². The lowest BCUT2D eigenvalue weighted by atomic mass is 9.85. The van der Waals surface area contributed by atoms with Crippen molar-refractivity contribution in [2.24, 2.45) is 17.1 Å². The molecule has 0 bridgehead atoms. The summed E-state index contributed by atoms with van der Waals surface area (Å²) in [4.78, 5) is 14.5. The Balaban J connectivity index is 2.41. The molecule has 2 unspecified atom stereocenters. The maximum Gasteiger partial charge on any atom is 0.221 e. The molecule has 0 aromatic carbocycles. The van der Waals surface area contributed by atoms with Crippen LogP contribution in [0.15, 0.2) is 0 Å². The van der Waals surface area contributed by atoms with E-state index in [-0.39, 0.29) is 17.4 Å². The van der Waals surface area contributed by atoms with Crippen molar-refractivity contribution >= 4 is 5.91 Å². The molecule has 1 amide bonds. The molecule has 2 atom stereocenters. The largest absolute Gasteiger partial charge is 0.354 e. The average molecular weight is 283 g/mol. The zero-order chi connectivity index (χ0) is 15.3. The van der Waals surface area contributed by atoms with Crippen molar-refractivity contribution in [2.45, 2.75) is 66.0 Å². The number of carbonyl (C=O) groups is 1. The summed E-state index contributed by atoms with van der Waals surface area (Å²) in [6, 6.07) is 0.360. The highest BCUT2D eigenvalue weighted by molar-refractivity contribution is 5.76. The standard InChI is InChI=1S/C16H33N3O/c1-12(2)13(19-8-6-7-9-19)11-18-15(20)10-14(17)16(3,4)5/h12-14H,6-11,17H2,1-5H3,(H,18,20). The predicted molar refractivity (Wildman–Crippen MR) is 84.5 cm³/mol. The molecule has 4 heteroatoms. The van der Waals surface area contributed by atoms with Crippen LogP contribution in [0.2, 0.25) is 0 Å². The van der Waals surface area contributed by atoms with E-state index in [1.165, 1.54) is 25.9 Å². The quantitative estimate of drug-likeness (QED) is 0.784. The van der Waals surface area contributed by atoms with Gasteiger partial charge in [0.1, 0.15) is 0 Å². The maximum atomic E-state index is 12.0. The summed E-state index contributed by atoms with van der Waals surface area (Å²) in [5.41, 5.74) is 6.04. The Hall–Kier alpha value is -0.610. The lowest BCUT2D eigenvalue weighted by molar-refractivity contribution is -0.122. The molecule has 0 spiro atoms. The van der Waals surface area contributed by atoms with E-state index in [9.17, 15) is 4.79 Å². The third-order valence-corrected chi connectivity index (χ3v) is 4.41. The minimum absolute atomic E-state index is 0.0241. The number of hydrogen-bond donors (Lipinski definition) is 2. The van der Waals surface area contributed by atoms with Gasteiger partial charge in [-0.2, -0.15) is 0 Å². The topological polar surface area (TPSA) is 58.4 Å². The first-order valence-electron chi connectivity index (χ1n) is 7.98. The summed E-state index contributed by atoms with van der Waals surface area (Å²) in [5.74, 6) is 0.641. The Bertz CT molecular complexity index is 303. The molecular weight excluding hydrogens is 250 g/mol. The molecule has 118 valence electrons. The molecule has 1 saturated heterocycles. The Morgan fingerprint density at radius 1 is 1.25 bits per heavy atom. The Morgan fingerprint density at radius 3 is 2.25 bits per heavy atom. The van der Waals surface area contributed by atoms with Crippen molar-refractivity contribution in [3.05, 3.63) is 0 Å². The first kappa shape index (κ1) is 17.4. The second kappa shape index (κ2) is 7.41. The fraction of sp³-hybridized carbons (Fsp3) is 0.938. The van der Waals surface area contributed by atoms with Gasteiger partial charge in [0.15, 0.2) is 0 Å². The molecule has 1 aliphatic heterocycles. The van der Waals surface area contributed by atoms with Gasteiger partial charge >= 0.3 is 0 Å². The molecular formula is C16H33N3O. The lowest BCUT2D eigenvalue weighted by Gasteiger charge is -2.31. The molecule has 0 aromatic rings. The second-order valence-corrected chi connectivity index (χ2v) is 7.54. The van der Waals surface area contributed by atoms with Crippen molar-refractivity contribution in [1.29, 1.82) is 0 Å². The summed E-state index contributed by atoms with van der Waals surface area (Å²) in [7, 11) is 0. The summed E-state index contributed by atoms with van der Waals surface area (Å²) < 4.78 is 0. The van der Waals surface area contributed by atoms with E-state index < -0.39 is 0 Å². The number of nitrogens with two attached hydrogens (primary N) is 1. The predicted octanol–water partition coefficient (Wildman–Crippen LogP) is 1.99. The van der Waals surface area contributed by atoms with E-state index in [1.807, 2.05) is 0 Å². The van der Waals surface area contributed by atoms with Gasteiger partial charge in [0.05, 0.1) is 0 Å². The molecule has 1 heterocycles. The van der Waals surface area contributed by atoms with Gasteiger partial charge in [-0.05, 0) is 37.3 Å². The third-order valence-electron chi connectivity index (χ3n) is 4.41. The van der Waals surface area contributed by atoms with Crippen molar-refractivity contribution in [3.8, 4) is 0 Å². The van der Waals surface area contributed by atoms with Gasteiger partial charge in [-0.15, -0.1) is 0 Å². The summed E-state index contributed by atoms with van der Waals surface area (Å²) in [6.07, 6.45) is 2.98. The fourth-order valence-electron chi connectivity index (χ4n) is 2.66. The highest BCUT2D eigenvalue weighted by atomic mass is 16.1. The van der Waals surface area contributed by atoms with E-state index in [1.54, 1.807) is 0 Å². The SMILES string of the molecule is CC(C)C(CNC(=O)CC(N)C(C)(C)C)N1CCCC1. The molecule has 0 aliphatic carbocycles. The highest BCUT2D eigenvalue weighted by Gasteiger charge is 2.26. The van der Waals surface area contributed by atoms with Crippen LogP contribution < -0.4 is 11.1 Å². The van der Waals surface area contributed by atoms with Gasteiger partial charge in [-0.1, -0.05) is 34.6 Å². The van der Waals surface area contributed by atoms with Gasteiger partial charge < -0.3 is 11.1 Å². The van der Waals surface area contributed by atoms with E-state index in [0.717, 1.165) is 6.54 Å². The summed E-state index contributed by atoms with van der Waals surface area (Å²) in [5, 5.41) is 3.08. The molecule has 20 heavy (non-hydrogen) atoms. The van der Waals surface area contributed by atoms with Crippen LogP contribution >= 0.6 is 0 Å². The minimum atomic E-state index is -0.0909. The van der Waals surface area contributed by atoms with Crippen LogP contribution in [-0.2, 0) is 4.79 Å². The number of hydrogen-bond acceptors (Lipinski definition) is 3. The second-order valence-electron chi connectivity index (χ2n) is 7.54. The van der Waals surface area contributed by atoms with Crippen molar-refractivity contribution < 1.29 is 4.79 Å². The summed E-state index contributed by atoms with van der Waals surface area (Å²) in [6.45, 7) is 13.8. The maximum absolute atomic E-state index is 12.0. The molecule has 0 radical (unpaired) electrons. The number of rotatable bonds is 6. The van der Waals surface area contributed by atoms with Crippen molar-refractivity contribution in [3.63, 3.8) is 0 Å². The van der Waals surface area contributed by atoms with Crippen molar-refractivity contribution in [2.75, 3.05) is 19.6 Å². The molecule has 3 N–H and O–H groups in total. The number of likely N-dealkylation sites (tertiary alicyclic amines) is 1. The smallest absolute Gasteiger partial charge is 0.221 e. The van der Waals surface area contributed by atoms with Gasteiger partial charge in [-0.25, -0.2) is 0 Å². The van der Waals surface area contributed by atoms with Crippen LogP contribution in [0.25, 0.3) is 0 Å². The van der Waals surface area contributed by atoms with Crippen LogP contribution in [0, 0.1) is 11.3 Å². The van der Waals surface area contributed by atoms with Gasteiger partial charge in [0.25, 0.3) is 0 Å². The van der Waals surface area contributed by atoms with E-state index in [4.69, 9.17) is 5.73 Å². The van der Waals surface area contributed by atoms with Crippen molar-refractivity contribution in [1.82, 2.24) is 10.2 Å². The normalized spacial score (nSPS) is 20.1. The van der Waals surface area contributed by atoms with Crippen LogP contribution in [0.1, 0.15) is 53.9 Å². The summed E-state index contributed by atoms with van der Waals surface area (Å²) >= 11 is 0. The number of nitrogens with one attached hydrogen (secondary N) is 1. The minimum Gasteiger partial charge on any atom is -0.354 e. The Kier molecular flexibility index (Phi) is 6.46. The van der Waals surface area contributed by atoms with E-state index in [2.05, 4.69) is 44.8 Å². The van der Waals surface area contributed by atoms with Crippen LogP contribution in [0.5, 0.6) is 0 Å². The Labute approximate surface area is 124 Å². The van der Waals surface area contributed by atoms with E-state index >= 15 is 0 Å². The van der Waals surface area contributed by atoms with Gasteiger partial charge in [0, 0.05) is 25.0 Å². The Morgan fingerprint density at radius 2 is 1.80 bits per heavy atom. The fourth-order valence-corrected chi connectivity index (χ4v) is 2.66.